The van der Waals surface area contributed by atoms with Crippen LogP contribution in [0.1, 0.15) is 10.4 Å². The Hall–Kier alpha value is -4.00. The SMILES string of the molecule is Cn1c(=O)cc(Oc2cccnc2)c2cc(NC(=O)c3cccc(F)c3)ccc21. The van der Waals surface area contributed by atoms with Crippen molar-refractivity contribution < 1.29 is 13.9 Å². The number of nitrogens with zero attached hydrogens (tertiary/aromatic N) is 2. The highest BCUT2D eigenvalue weighted by atomic mass is 19.1. The first kappa shape index (κ1) is 18.4. The van der Waals surface area contributed by atoms with Gasteiger partial charge in [-0.2, -0.15) is 0 Å². The molecule has 0 bridgehead atoms. The minimum Gasteiger partial charge on any atom is -0.455 e. The molecular weight excluding hydrogens is 373 g/mol. The van der Waals surface area contributed by atoms with Crippen LogP contribution < -0.4 is 15.6 Å². The zero-order valence-corrected chi connectivity index (χ0v) is 15.4. The van der Waals surface area contributed by atoms with E-state index in [0.29, 0.717) is 28.1 Å². The molecule has 1 N–H and O–H groups in total. The van der Waals surface area contributed by atoms with E-state index in [1.807, 2.05) is 0 Å². The lowest BCUT2D eigenvalue weighted by Crippen LogP contribution is -2.16. The Bertz CT molecular complexity index is 1270. The van der Waals surface area contributed by atoms with E-state index in [0.717, 1.165) is 6.07 Å². The van der Waals surface area contributed by atoms with E-state index in [1.54, 1.807) is 49.8 Å². The fourth-order valence-corrected chi connectivity index (χ4v) is 2.96. The molecule has 0 saturated heterocycles. The summed E-state index contributed by atoms with van der Waals surface area (Å²) in [5.74, 6) is -0.101. The average Bonchev–Trinajstić information content (AvgIpc) is 2.72. The first-order valence-corrected chi connectivity index (χ1v) is 8.80. The summed E-state index contributed by atoms with van der Waals surface area (Å²) in [7, 11) is 1.66. The number of carbonyl (C=O) groups is 1. The first-order chi connectivity index (χ1) is 14.0. The number of fused-ring (bicyclic) bond motifs is 1. The number of aromatic nitrogens is 2. The molecule has 0 saturated carbocycles. The maximum absolute atomic E-state index is 13.4. The van der Waals surface area contributed by atoms with Crippen LogP contribution in [0.15, 0.2) is 77.9 Å². The highest BCUT2D eigenvalue weighted by Crippen LogP contribution is 2.30. The summed E-state index contributed by atoms with van der Waals surface area (Å²) in [6, 6.07) is 15.4. The second-order valence-electron chi connectivity index (χ2n) is 6.39. The molecule has 4 rings (SSSR count). The van der Waals surface area contributed by atoms with E-state index in [2.05, 4.69) is 10.3 Å². The smallest absolute Gasteiger partial charge is 0.255 e. The fraction of sp³-hybridized carbons (Fsp3) is 0.0455. The van der Waals surface area contributed by atoms with Gasteiger partial charge in [-0.1, -0.05) is 6.07 Å². The van der Waals surface area contributed by atoms with Crippen molar-refractivity contribution in [1.29, 1.82) is 0 Å². The van der Waals surface area contributed by atoms with E-state index in [1.165, 1.54) is 28.8 Å². The van der Waals surface area contributed by atoms with Gasteiger partial charge in [-0.25, -0.2) is 4.39 Å². The molecule has 0 atom stereocenters. The minimum atomic E-state index is -0.488. The molecule has 2 heterocycles. The van der Waals surface area contributed by atoms with Crippen molar-refractivity contribution >= 4 is 22.5 Å². The van der Waals surface area contributed by atoms with Crippen LogP contribution in [-0.4, -0.2) is 15.5 Å². The molecule has 2 aromatic carbocycles. The number of pyridine rings is 2. The maximum Gasteiger partial charge on any atom is 0.255 e. The molecule has 7 heteroatoms. The van der Waals surface area contributed by atoms with Crippen molar-refractivity contribution in [1.82, 2.24) is 9.55 Å². The summed E-state index contributed by atoms with van der Waals surface area (Å²) in [5.41, 5.74) is 1.10. The number of hydrogen-bond donors (Lipinski definition) is 1. The monoisotopic (exact) mass is 389 g/mol. The molecule has 29 heavy (non-hydrogen) atoms. The topological polar surface area (TPSA) is 73.2 Å². The number of rotatable bonds is 4. The van der Waals surface area contributed by atoms with Crippen LogP contribution >= 0.6 is 0 Å². The van der Waals surface area contributed by atoms with E-state index >= 15 is 0 Å². The lowest BCUT2D eigenvalue weighted by atomic mass is 10.1. The Morgan fingerprint density at radius 1 is 1.10 bits per heavy atom. The van der Waals surface area contributed by atoms with Crippen molar-refractivity contribution in [2.24, 2.45) is 7.05 Å². The van der Waals surface area contributed by atoms with Crippen LogP contribution in [0.4, 0.5) is 10.1 Å². The number of carbonyl (C=O) groups excluding carboxylic acids is 1. The van der Waals surface area contributed by atoms with Gasteiger partial charge < -0.3 is 14.6 Å². The summed E-state index contributed by atoms with van der Waals surface area (Å²) >= 11 is 0. The van der Waals surface area contributed by atoms with Crippen LogP contribution in [0.3, 0.4) is 0 Å². The van der Waals surface area contributed by atoms with Crippen molar-refractivity contribution in [2.45, 2.75) is 0 Å². The number of hydrogen-bond acceptors (Lipinski definition) is 4. The first-order valence-electron chi connectivity index (χ1n) is 8.80. The third-order valence-corrected chi connectivity index (χ3v) is 4.42. The van der Waals surface area contributed by atoms with Crippen molar-refractivity contribution in [2.75, 3.05) is 5.32 Å². The molecule has 0 spiro atoms. The fourth-order valence-electron chi connectivity index (χ4n) is 2.96. The van der Waals surface area contributed by atoms with Gasteiger partial charge in [0.05, 0.1) is 11.7 Å². The van der Waals surface area contributed by atoms with Gasteiger partial charge in [-0.15, -0.1) is 0 Å². The van der Waals surface area contributed by atoms with E-state index in [4.69, 9.17) is 4.74 Å². The molecule has 0 unspecified atom stereocenters. The zero-order chi connectivity index (χ0) is 20.4. The molecule has 144 valence electrons. The quantitative estimate of drug-likeness (QED) is 0.570. The number of nitrogens with one attached hydrogen (secondary N) is 1. The van der Waals surface area contributed by atoms with Crippen LogP contribution in [0.25, 0.3) is 10.9 Å². The summed E-state index contributed by atoms with van der Waals surface area (Å²) in [6.07, 6.45) is 3.16. The molecule has 4 aromatic rings. The van der Waals surface area contributed by atoms with Crippen molar-refractivity contribution in [3.63, 3.8) is 0 Å². The Kier molecular flexibility index (Phi) is 4.78. The van der Waals surface area contributed by atoms with Gasteiger partial charge in [0.15, 0.2) is 0 Å². The van der Waals surface area contributed by atoms with Crippen molar-refractivity contribution in [3.8, 4) is 11.5 Å². The molecule has 2 aromatic heterocycles. The molecule has 6 nitrogen and oxygen atoms in total. The van der Waals surface area contributed by atoms with Crippen LogP contribution in [-0.2, 0) is 7.05 Å². The van der Waals surface area contributed by atoms with Crippen molar-refractivity contribution in [3.05, 3.63) is 94.8 Å². The molecule has 0 aliphatic carbocycles. The summed E-state index contributed by atoms with van der Waals surface area (Å²) in [5, 5.41) is 3.37. The highest BCUT2D eigenvalue weighted by Gasteiger charge is 2.12. The van der Waals surface area contributed by atoms with E-state index < -0.39 is 11.7 Å². The van der Waals surface area contributed by atoms with Gasteiger partial charge >= 0.3 is 0 Å². The summed E-state index contributed by atoms with van der Waals surface area (Å²) in [6.45, 7) is 0. The third kappa shape index (κ3) is 3.84. The normalized spacial score (nSPS) is 10.7. The van der Waals surface area contributed by atoms with Gasteiger partial charge in [-0.05, 0) is 48.5 Å². The molecular formula is C22H16FN3O3. The standard InChI is InChI=1S/C22H16FN3O3/c1-26-19-8-7-16(25-22(28)14-4-2-5-15(23)10-14)11-18(19)20(12-21(26)27)29-17-6-3-9-24-13-17/h2-13H,1H3,(H,25,28). The highest BCUT2D eigenvalue weighted by molar-refractivity contribution is 6.05. The number of benzene rings is 2. The lowest BCUT2D eigenvalue weighted by Gasteiger charge is -2.13. The van der Waals surface area contributed by atoms with E-state index in [-0.39, 0.29) is 11.1 Å². The second-order valence-corrected chi connectivity index (χ2v) is 6.39. The lowest BCUT2D eigenvalue weighted by molar-refractivity contribution is 0.102. The number of ether oxygens (including phenoxy) is 1. The minimum absolute atomic E-state index is 0.206. The molecule has 1 amide bonds. The predicted octanol–water partition coefficient (Wildman–Crippen LogP) is 4.12. The largest absolute Gasteiger partial charge is 0.455 e. The average molecular weight is 389 g/mol. The molecule has 0 aliphatic rings. The summed E-state index contributed by atoms with van der Waals surface area (Å²) < 4.78 is 20.7. The second kappa shape index (κ2) is 7.55. The van der Waals surface area contributed by atoms with Gasteiger partial charge in [0.2, 0.25) is 0 Å². The third-order valence-electron chi connectivity index (χ3n) is 4.42. The van der Waals surface area contributed by atoms with Gasteiger partial charge in [0, 0.05) is 35.9 Å². The Morgan fingerprint density at radius 2 is 1.97 bits per heavy atom. The Balaban J connectivity index is 1.74. The number of halogens is 1. The molecule has 0 aliphatic heterocycles. The van der Waals surface area contributed by atoms with Gasteiger partial charge in [0.1, 0.15) is 17.3 Å². The maximum atomic E-state index is 13.4. The van der Waals surface area contributed by atoms with Crippen LogP contribution in [0.5, 0.6) is 11.5 Å². The summed E-state index contributed by atoms with van der Waals surface area (Å²) in [4.78, 5) is 28.7. The number of amides is 1. The Morgan fingerprint density at radius 3 is 2.72 bits per heavy atom. The zero-order valence-electron chi connectivity index (χ0n) is 15.4. The molecule has 0 fully saturated rings. The number of anilines is 1. The van der Waals surface area contributed by atoms with Crippen LogP contribution in [0, 0.1) is 5.82 Å². The van der Waals surface area contributed by atoms with E-state index in [9.17, 15) is 14.0 Å². The van der Waals surface area contributed by atoms with Gasteiger partial charge in [0.25, 0.3) is 11.5 Å². The number of aryl methyl sites for hydroxylation is 1. The predicted molar refractivity (Wildman–Crippen MR) is 108 cm³/mol. The van der Waals surface area contributed by atoms with Crippen LogP contribution in [0.2, 0.25) is 0 Å². The van der Waals surface area contributed by atoms with Gasteiger partial charge in [-0.3, -0.25) is 14.6 Å². The molecule has 0 radical (unpaired) electrons. The Labute approximate surface area is 165 Å².